The third-order valence-electron chi connectivity index (χ3n) is 3.71. The van der Waals surface area contributed by atoms with Gasteiger partial charge in [-0.3, -0.25) is 9.59 Å². The summed E-state index contributed by atoms with van der Waals surface area (Å²) in [4.78, 5) is 34.7. The van der Waals surface area contributed by atoms with Crippen LogP contribution in [0.25, 0.3) is 0 Å². The van der Waals surface area contributed by atoms with Gasteiger partial charge in [-0.2, -0.15) is 0 Å². The highest BCUT2D eigenvalue weighted by Gasteiger charge is 2.10. The average molecular weight is 354 g/mol. The highest BCUT2D eigenvalue weighted by Crippen LogP contribution is 2.10. The van der Waals surface area contributed by atoms with Crippen molar-refractivity contribution in [2.45, 2.75) is 26.8 Å². The first-order valence-corrected chi connectivity index (χ1v) is 8.37. The van der Waals surface area contributed by atoms with Crippen LogP contribution in [0.1, 0.15) is 35.3 Å². The zero-order chi connectivity index (χ0) is 18.9. The molecule has 0 atom stereocenters. The molecule has 0 aliphatic carbocycles. The van der Waals surface area contributed by atoms with Crippen LogP contribution in [0.15, 0.2) is 48.5 Å². The van der Waals surface area contributed by atoms with Crippen molar-refractivity contribution in [3.8, 4) is 0 Å². The molecule has 26 heavy (non-hydrogen) atoms. The number of carbonyl (C=O) groups excluding carboxylic acids is 3. The van der Waals surface area contributed by atoms with Crippen LogP contribution in [0, 0.1) is 0 Å². The lowest BCUT2D eigenvalue weighted by Crippen LogP contribution is -2.21. The van der Waals surface area contributed by atoms with Crippen molar-refractivity contribution in [1.82, 2.24) is 5.32 Å². The summed E-state index contributed by atoms with van der Waals surface area (Å²) < 4.78 is 5.02. The fraction of sp³-hybridized carbons (Fsp3) is 0.250. The zero-order valence-corrected chi connectivity index (χ0v) is 14.9. The number of carbonyl (C=O) groups is 3. The SMILES string of the molecule is CCc1ccc(NC(=O)COC(=O)c2ccc(CNC(C)=O)cc2)cc1. The second-order valence-electron chi connectivity index (χ2n) is 5.78. The molecule has 136 valence electrons. The Kier molecular flexibility index (Phi) is 6.91. The summed E-state index contributed by atoms with van der Waals surface area (Å²) in [5.41, 5.74) is 3.05. The summed E-state index contributed by atoms with van der Waals surface area (Å²) in [7, 11) is 0. The van der Waals surface area contributed by atoms with Crippen LogP contribution in [0.2, 0.25) is 0 Å². The molecule has 6 heteroatoms. The van der Waals surface area contributed by atoms with Gasteiger partial charge < -0.3 is 15.4 Å². The second-order valence-corrected chi connectivity index (χ2v) is 5.78. The number of hydrogen-bond donors (Lipinski definition) is 2. The van der Waals surface area contributed by atoms with Crippen LogP contribution in [-0.4, -0.2) is 24.4 Å². The Morgan fingerprint density at radius 2 is 1.54 bits per heavy atom. The van der Waals surface area contributed by atoms with Crippen molar-refractivity contribution < 1.29 is 19.1 Å². The number of esters is 1. The quantitative estimate of drug-likeness (QED) is 0.749. The van der Waals surface area contributed by atoms with Crippen LogP contribution in [-0.2, 0) is 27.3 Å². The van der Waals surface area contributed by atoms with Crippen LogP contribution in [0.5, 0.6) is 0 Å². The maximum absolute atomic E-state index is 12.0. The van der Waals surface area contributed by atoms with E-state index >= 15 is 0 Å². The summed E-state index contributed by atoms with van der Waals surface area (Å²) >= 11 is 0. The molecule has 0 bridgehead atoms. The first-order chi connectivity index (χ1) is 12.5. The molecule has 0 fully saturated rings. The first kappa shape index (κ1) is 19.2. The minimum Gasteiger partial charge on any atom is -0.452 e. The molecular formula is C20H22N2O4. The van der Waals surface area contributed by atoms with Crippen LogP contribution in [0.3, 0.4) is 0 Å². The largest absolute Gasteiger partial charge is 0.452 e. The molecule has 2 rings (SSSR count). The molecule has 2 N–H and O–H groups in total. The van der Waals surface area contributed by atoms with Gasteiger partial charge in [0.25, 0.3) is 5.91 Å². The number of rotatable bonds is 7. The van der Waals surface area contributed by atoms with Gasteiger partial charge in [0.15, 0.2) is 6.61 Å². The molecule has 0 radical (unpaired) electrons. The van der Waals surface area contributed by atoms with Crippen molar-refractivity contribution in [3.63, 3.8) is 0 Å². The molecule has 2 aromatic carbocycles. The summed E-state index contributed by atoms with van der Waals surface area (Å²) in [6.45, 7) is 3.53. The molecule has 0 spiro atoms. The number of aryl methyl sites for hydroxylation is 1. The van der Waals surface area contributed by atoms with E-state index in [2.05, 4.69) is 17.6 Å². The van der Waals surface area contributed by atoms with Crippen molar-refractivity contribution in [3.05, 3.63) is 65.2 Å². The highest BCUT2D eigenvalue weighted by molar-refractivity contribution is 5.95. The third-order valence-corrected chi connectivity index (χ3v) is 3.71. The van der Waals surface area contributed by atoms with Crippen LogP contribution >= 0.6 is 0 Å². The summed E-state index contributed by atoms with van der Waals surface area (Å²) in [6, 6.07) is 14.1. The Bertz CT molecular complexity index is 767. The smallest absolute Gasteiger partial charge is 0.338 e. The van der Waals surface area contributed by atoms with E-state index in [1.54, 1.807) is 24.3 Å². The lowest BCUT2D eigenvalue weighted by molar-refractivity contribution is -0.119. The van der Waals surface area contributed by atoms with E-state index in [0.29, 0.717) is 17.8 Å². The van der Waals surface area contributed by atoms with Gasteiger partial charge in [0.1, 0.15) is 0 Å². The van der Waals surface area contributed by atoms with Crippen molar-refractivity contribution >= 4 is 23.5 Å². The van der Waals surface area contributed by atoms with E-state index in [1.165, 1.54) is 12.5 Å². The fourth-order valence-electron chi connectivity index (χ4n) is 2.22. The van der Waals surface area contributed by atoms with Gasteiger partial charge in [-0.15, -0.1) is 0 Å². The molecule has 6 nitrogen and oxygen atoms in total. The van der Waals surface area contributed by atoms with Crippen LogP contribution < -0.4 is 10.6 Å². The van der Waals surface area contributed by atoms with Crippen molar-refractivity contribution in [2.24, 2.45) is 0 Å². The Balaban J connectivity index is 1.81. The third kappa shape index (κ3) is 6.05. The molecule has 0 unspecified atom stereocenters. The van der Waals surface area contributed by atoms with E-state index in [1.807, 2.05) is 24.3 Å². The first-order valence-electron chi connectivity index (χ1n) is 8.37. The minimum absolute atomic E-state index is 0.121. The lowest BCUT2D eigenvalue weighted by atomic mass is 10.1. The number of ether oxygens (including phenoxy) is 1. The van der Waals surface area contributed by atoms with Crippen molar-refractivity contribution in [1.29, 1.82) is 0 Å². The average Bonchev–Trinajstić information content (AvgIpc) is 2.65. The predicted molar refractivity (Wildman–Crippen MR) is 98.7 cm³/mol. The lowest BCUT2D eigenvalue weighted by Gasteiger charge is -2.08. The van der Waals surface area contributed by atoms with Gasteiger partial charge in [0, 0.05) is 19.2 Å². The summed E-state index contributed by atoms with van der Waals surface area (Å²) in [5.74, 6) is -1.10. The van der Waals surface area contributed by atoms with Crippen molar-refractivity contribution in [2.75, 3.05) is 11.9 Å². The Hall–Kier alpha value is -3.15. The topological polar surface area (TPSA) is 84.5 Å². The van der Waals surface area contributed by atoms with Gasteiger partial charge in [0.05, 0.1) is 5.56 Å². The van der Waals surface area contributed by atoms with Gasteiger partial charge in [-0.05, 0) is 41.8 Å². The maximum Gasteiger partial charge on any atom is 0.338 e. The molecule has 2 amide bonds. The number of anilines is 1. The number of hydrogen-bond acceptors (Lipinski definition) is 4. The summed E-state index contributed by atoms with van der Waals surface area (Å²) in [5, 5.41) is 5.35. The van der Waals surface area contributed by atoms with Crippen LogP contribution in [0.4, 0.5) is 5.69 Å². The molecule has 0 saturated heterocycles. The fourth-order valence-corrected chi connectivity index (χ4v) is 2.22. The minimum atomic E-state index is -0.576. The van der Waals surface area contributed by atoms with E-state index in [4.69, 9.17) is 4.74 Å². The Labute approximate surface area is 152 Å². The predicted octanol–water partition coefficient (Wildman–Crippen LogP) is 2.68. The van der Waals surface area contributed by atoms with E-state index in [9.17, 15) is 14.4 Å². The highest BCUT2D eigenvalue weighted by atomic mass is 16.5. The van der Waals surface area contributed by atoms with E-state index in [-0.39, 0.29) is 12.5 Å². The number of benzene rings is 2. The molecular weight excluding hydrogens is 332 g/mol. The number of nitrogens with one attached hydrogen (secondary N) is 2. The Morgan fingerprint density at radius 3 is 2.12 bits per heavy atom. The van der Waals surface area contributed by atoms with Gasteiger partial charge >= 0.3 is 5.97 Å². The molecule has 0 aromatic heterocycles. The Morgan fingerprint density at radius 1 is 0.923 bits per heavy atom. The zero-order valence-electron chi connectivity index (χ0n) is 14.9. The normalized spacial score (nSPS) is 10.1. The van der Waals surface area contributed by atoms with Gasteiger partial charge in [-0.1, -0.05) is 31.2 Å². The maximum atomic E-state index is 12.0. The van der Waals surface area contributed by atoms with Gasteiger partial charge in [-0.25, -0.2) is 4.79 Å². The monoisotopic (exact) mass is 354 g/mol. The number of amides is 2. The standard InChI is InChI=1S/C20H22N2O4/c1-3-15-6-10-18(11-7-15)22-19(24)13-26-20(25)17-8-4-16(5-9-17)12-21-14(2)23/h4-11H,3,12-13H2,1-2H3,(H,21,23)(H,22,24). The van der Waals surface area contributed by atoms with E-state index < -0.39 is 11.9 Å². The molecule has 0 aliphatic rings. The van der Waals surface area contributed by atoms with E-state index in [0.717, 1.165) is 12.0 Å². The van der Waals surface area contributed by atoms with Gasteiger partial charge in [0.2, 0.25) is 5.91 Å². The summed E-state index contributed by atoms with van der Waals surface area (Å²) in [6.07, 6.45) is 0.926. The molecule has 0 heterocycles. The molecule has 2 aromatic rings. The molecule has 0 saturated carbocycles. The second kappa shape index (κ2) is 9.36. The molecule has 0 aliphatic heterocycles.